The fourth-order valence-electron chi connectivity index (χ4n) is 3.99. The van der Waals surface area contributed by atoms with E-state index in [-0.39, 0.29) is 23.8 Å². The molecule has 0 spiro atoms. The number of carbonyl (C=O) groups is 2. The Morgan fingerprint density at radius 1 is 1.07 bits per heavy atom. The summed E-state index contributed by atoms with van der Waals surface area (Å²) in [5.74, 6) is 0.403. The SMILES string of the molecule is CC[C@H](C)C(=O)NC1CCN(c2ccccc2C(=O)N2CCCCC2)CC1. The first-order chi connectivity index (χ1) is 13.1. The summed E-state index contributed by atoms with van der Waals surface area (Å²) in [6.45, 7) is 7.51. The van der Waals surface area contributed by atoms with Crippen LogP contribution in [0.4, 0.5) is 5.69 Å². The fraction of sp³-hybridized carbons (Fsp3) is 0.636. The number of nitrogens with zero attached hydrogens (tertiary/aromatic N) is 2. The van der Waals surface area contributed by atoms with Crippen LogP contribution in [0.5, 0.6) is 0 Å². The van der Waals surface area contributed by atoms with Gasteiger partial charge in [-0.1, -0.05) is 26.0 Å². The van der Waals surface area contributed by atoms with Crippen LogP contribution < -0.4 is 10.2 Å². The topological polar surface area (TPSA) is 52.7 Å². The molecule has 0 unspecified atom stereocenters. The Hall–Kier alpha value is -2.04. The highest BCUT2D eigenvalue weighted by molar-refractivity contribution is 5.99. The van der Waals surface area contributed by atoms with Crippen LogP contribution in [0, 0.1) is 5.92 Å². The molecule has 148 valence electrons. The van der Waals surface area contributed by atoms with Crippen molar-refractivity contribution < 1.29 is 9.59 Å². The molecule has 5 nitrogen and oxygen atoms in total. The smallest absolute Gasteiger partial charge is 0.255 e. The van der Waals surface area contributed by atoms with Gasteiger partial charge in [-0.2, -0.15) is 0 Å². The zero-order valence-electron chi connectivity index (χ0n) is 16.7. The van der Waals surface area contributed by atoms with E-state index in [1.165, 1.54) is 6.42 Å². The number of amides is 2. The monoisotopic (exact) mass is 371 g/mol. The Kier molecular flexibility index (Phi) is 6.75. The second kappa shape index (κ2) is 9.25. The molecule has 2 aliphatic rings. The number of carbonyl (C=O) groups excluding carboxylic acids is 2. The van der Waals surface area contributed by atoms with Crippen molar-refractivity contribution in [3.63, 3.8) is 0 Å². The molecule has 2 amide bonds. The molecule has 1 aromatic rings. The molecule has 0 aromatic heterocycles. The van der Waals surface area contributed by atoms with Crippen molar-refractivity contribution in [1.29, 1.82) is 0 Å². The lowest BCUT2D eigenvalue weighted by molar-refractivity contribution is -0.125. The highest BCUT2D eigenvalue weighted by atomic mass is 16.2. The van der Waals surface area contributed by atoms with Gasteiger partial charge >= 0.3 is 0 Å². The minimum atomic E-state index is 0.0749. The van der Waals surface area contributed by atoms with Gasteiger partial charge in [0.2, 0.25) is 5.91 Å². The van der Waals surface area contributed by atoms with E-state index in [1.807, 2.05) is 36.9 Å². The van der Waals surface area contributed by atoms with E-state index in [2.05, 4.69) is 16.3 Å². The Labute approximate surface area is 163 Å². The summed E-state index contributed by atoms with van der Waals surface area (Å²) in [4.78, 5) is 29.5. The average molecular weight is 372 g/mol. The average Bonchev–Trinajstić information content (AvgIpc) is 2.73. The van der Waals surface area contributed by atoms with Gasteiger partial charge in [-0.25, -0.2) is 0 Å². The Balaban J connectivity index is 1.63. The van der Waals surface area contributed by atoms with Crippen LogP contribution in [0.15, 0.2) is 24.3 Å². The second-order valence-corrected chi connectivity index (χ2v) is 7.95. The van der Waals surface area contributed by atoms with Crippen molar-refractivity contribution in [2.24, 2.45) is 5.92 Å². The minimum absolute atomic E-state index is 0.0749. The lowest BCUT2D eigenvalue weighted by atomic mass is 10.0. The molecular formula is C22H33N3O2. The normalized spacial score (nSPS) is 19.6. The number of para-hydroxylation sites is 1. The van der Waals surface area contributed by atoms with Crippen molar-refractivity contribution in [3.8, 4) is 0 Å². The van der Waals surface area contributed by atoms with Crippen LogP contribution in [0.2, 0.25) is 0 Å². The van der Waals surface area contributed by atoms with Gasteiger partial charge in [0.15, 0.2) is 0 Å². The maximum Gasteiger partial charge on any atom is 0.255 e. The van der Waals surface area contributed by atoms with Gasteiger partial charge < -0.3 is 15.1 Å². The molecule has 0 aliphatic carbocycles. The Morgan fingerprint density at radius 2 is 1.74 bits per heavy atom. The number of hydrogen-bond donors (Lipinski definition) is 1. The molecule has 2 aliphatic heterocycles. The molecule has 1 N–H and O–H groups in total. The van der Waals surface area contributed by atoms with Gasteiger partial charge in [-0.3, -0.25) is 9.59 Å². The third kappa shape index (κ3) is 4.82. The molecule has 2 fully saturated rings. The van der Waals surface area contributed by atoms with Gasteiger partial charge in [0.1, 0.15) is 0 Å². The summed E-state index contributed by atoms with van der Waals surface area (Å²) >= 11 is 0. The number of piperidine rings is 2. The minimum Gasteiger partial charge on any atom is -0.371 e. The maximum atomic E-state index is 13.0. The van der Waals surface area contributed by atoms with Gasteiger partial charge in [-0.15, -0.1) is 0 Å². The number of anilines is 1. The van der Waals surface area contributed by atoms with Crippen molar-refractivity contribution in [3.05, 3.63) is 29.8 Å². The maximum absolute atomic E-state index is 13.0. The number of benzene rings is 1. The Bertz CT molecular complexity index is 647. The molecular weight excluding hydrogens is 338 g/mol. The first kappa shape index (κ1) is 19.7. The number of nitrogens with one attached hydrogen (secondary N) is 1. The standard InChI is InChI=1S/C22H33N3O2/c1-3-17(2)21(26)23-18-11-15-24(16-12-18)20-10-6-5-9-19(20)22(27)25-13-7-4-8-14-25/h5-6,9-10,17-18H,3-4,7-8,11-16H2,1-2H3,(H,23,26)/t17-/m0/s1. The van der Waals surface area contributed by atoms with Gasteiger partial charge in [-0.05, 0) is 50.7 Å². The Morgan fingerprint density at radius 3 is 2.41 bits per heavy atom. The largest absolute Gasteiger partial charge is 0.371 e. The first-order valence-corrected chi connectivity index (χ1v) is 10.5. The fourth-order valence-corrected chi connectivity index (χ4v) is 3.99. The van der Waals surface area contributed by atoms with Crippen LogP contribution in [0.25, 0.3) is 0 Å². The van der Waals surface area contributed by atoms with Crippen LogP contribution in [-0.4, -0.2) is 48.9 Å². The summed E-state index contributed by atoms with van der Waals surface area (Å²) in [7, 11) is 0. The first-order valence-electron chi connectivity index (χ1n) is 10.5. The molecule has 0 saturated carbocycles. The van der Waals surface area contributed by atoms with Crippen LogP contribution >= 0.6 is 0 Å². The second-order valence-electron chi connectivity index (χ2n) is 7.95. The third-order valence-electron chi connectivity index (χ3n) is 6.02. The van der Waals surface area contributed by atoms with E-state index in [0.29, 0.717) is 0 Å². The molecule has 2 heterocycles. The molecule has 0 bridgehead atoms. The van der Waals surface area contributed by atoms with Gasteiger partial charge in [0, 0.05) is 43.8 Å². The van der Waals surface area contributed by atoms with Crippen LogP contribution in [-0.2, 0) is 4.79 Å². The van der Waals surface area contributed by atoms with Crippen molar-refractivity contribution >= 4 is 17.5 Å². The van der Waals surface area contributed by atoms with Gasteiger partial charge in [0.05, 0.1) is 5.56 Å². The van der Waals surface area contributed by atoms with Gasteiger partial charge in [0.25, 0.3) is 5.91 Å². The van der Waals surface area contributed by atoms with Crippen LogP contribution in [0.3, 0.4) is 0 Å². The lowest BCUT2D eigenvalue weighted by Crippen LogP contribution is -2.46. The quantitative estimate of drug-likeness (QED) is 0.863. The van der Waals surface area contributed by atoms with Crippen molar-refractivity contribution in [2.45, 2.75) is 58.4 Å². The van der Waals surface area contributed by atoms with E-state index < -0.39 is 0 Å². The summed E-state index contributed by atoms with van der Waals surface area (Å²) in [5.41, 5.74) is 1.86. The predicted octanol–water partition coefficient (Wildman–Crippen LogP) is 3.44. The molecule has 2 saturated heterocycles. The van der Waals surface area contributed by atoms with E-state index in [4.69, 9.17) is 0 Å². The van der Waals surface area contributed by atoms with E-state index in [9.17, 15) is 9.59 Å². The number of hydrogen-bond acceptors (Lipinski definition) is 3. The van der Waals surface area contributed by atoms with E-state index in [0.717, 1.165) is 69.5 Å². The summed E-state index contributed by atoms with van der Waals surface area (Å²) in [5, 5.41) is 3.19. The highest BCUT2D eigenvalue weighted by Gasteiger charge is 2.26. The summed E-state index contributed by atoms with van der Waals surface area (Å²) in [6, 6.07) is 8.24. The molecule has 1 aromatic carbocycles. The number of rotatable bonds is 5. The molecule has 27 heavy (non-hydrogen) atoms. The summed E-state index contributed by atoms with van der Waals surface area (Å²) < 4.78 is 0. The van der Waals surface area contributed by atoms with E-state index in [1.54, 1.807) is 0 Å². The van der Waals surface area contributed by atoms with Crippen LogP contribution in [0.1, 0.15) is 62.7 Å². The predicted molar refractivity (Wildman–Crippen MR) is 109 cm³/mol. The van der Waals surface area contributed by atoms with Crippen molar-refractivity contribution in [1.82, 2.24) is 10.2 Å². The summed E-state index contributed by atoms with van der Waals surface area (Å²) in [6.07, 6.45) is 6.16. The highest BCUT2D eigenvalue weighted by Crippen LogP contribution is 2.26. The van der Waals surface area contributed by atoms with Crippen molar-refractivity contribution in [2.75, 3.05) is 31.1 Å². The zero-order chi connectivity index (χ0) is 19.2. The zero-order valence-corrected chi connectivity index (χ0v) is 16.7. The number of likely N-dealkylation sites (tertiary alicyclic amines) is 1. The molecule has 3 rings (SSSR count). The third-order valence-corrected chi connectivity index (χ3v) is 6.02. The molecule has 1 atom stereocenters. The molecule has 5 heteroatoms. The van der Waals surface area contributed by atoms with E-state index >= 15 is 0 Å². The lowest BCUT2D eigenvalue weighted by Gasteiger charge is -2.36. The molecule has 0 radical (unpaired) electrons.